The van der Waals surface area contributed by atoms with Crippen molar-refractivity contribution in [3.63, 3.8) is 0 Å². The van der Waals surface area contributed by atoms with Gasteiger partial charge >= 0.3 is 73.3 Å². The normalized spacial score (nSPS) is 26.4. The van der Waals surface area contributed by atoms with Crippen LogP contribution in [-0.2, 0) is 103 Å². The van der Waals surface area contributed by atoms with Crippen LogP contribution in [0.4, 0.5) is 0 Å². The number of amides is 1. The van der Waals surface area contributed by atoms with Crippen molar-refractivity contribution in [3.8, 4) is 23.7 Å². The highest BCUT2D eigenvalue weighted by Crippen LogP contribution is 2.56. The number of carbonyl (C=O) groups is 3. The van der Waals surface area contributed by atoms with Crippen LogP contribution in [0.15, 0.2) is 161 Å². The van der Waals surface area contributed by atoms with E-state index in [9.17, 15) is 129 Å². The minimum absolute atomic E-state index is 0.00339. The molecule has 14 N–H and O–H groups in total. The van der Waals surface area contributed by atoms with Crippen LogP contribution in [0.25, 0.3) is 0 Å². The monoisotopic (exact) mass is 2140 g/mol. The summed E-state index contributed by atoms with van der Waals surface area (Å²) in [5, 5.41) is 24.1. The Morgan fingerprint density at radius 1 is 0.370 bits per heavy atom. The van der Waals surface area contributed by atoms with Gasteiger partial charge in [0.05, 0.1) is 45.7 Å². The van der Waals surface area contributed by atoms with Crippen molar-refractivity contribution in [1.29, 1.82) is 0 Å². The molecule has 56 nitrogen and oxygen atoms in total. The minimum Gasteiger partial charge on any atom is -0.394 e. The third-order valence-corrected chi connectivity index (χ3v) is 29.3. The van der Waals surface area contributed by atoms with Crippen molar-refractivity contribution >= 4 is 56.6 Å². The van der Waals surface area contributed by atoms with Crippen molar-refractivity contribution in [2.75, 3.05) is 39.6 Å². The maximum absolute atomic E-state index is 14.5. The van der Waals surface area contributed by atoms with Gasteiger partial charge in [-0.1, -0.05) is 42.3 Å². The molecule has 0 spiro atoms. The number of nitrogens with one attached hydrogen (secondary N) is 7. The SMILES string of the molecule is Cc1cn([C@H]2C[C@H](OP(=O)(O)OC[C@H]3O[C@@H](n4cc(C)c(=O)[nH]c4=O)C[C@@H]3OP(=O)(O)OC[C@H]3O[C@@H](n4cc(C)c(=O)[nH]c4=O)C[C@@H]3O)[C@@H](COP(=O)(O)O[C@H]3C[C@H](n4cc(C)c(=O)[nH]c4=O)O[C@@H]3COP(=O)(O)O[C@H]3C[C@H](n4cc(C)c(=O)[nH]c4=O)O[C@@H]3COP(=O)(O)O[C@H]3C[C@H](n4cc(C#CC#Cc5cccc(CNC(=O)c6ccc7c(c6)C(=O)c6ccccc6C7=O)c5)c(=O)[nH]c4=O)O[C@@H]3CO)O2)c(=O)[nH]c1=O. The van der Waals surface area contributed by atoms with Crippen LogP contribution in [0.1, 0.15) is 163 Å². The Morgan fingerprint density at radius 3 is 1.03 bits per heavy atom. The van der Waals surface area contributed by atoms with Crippen molar-refractivity contribution in [1.82, 2.24) is 62.6 Å². The standard InChI is InChI=1S/C85H90N13O43P5/c1-40-28-93(80(110)87-73(40)103)65-21-53(100)60(132-65)35-126-142(116,117)138-55-23-66(94-29-41(2)74(104)88-81(94)111)134-62(55)37-128-144(120,121)140-57-25-68(96-31-43(4)76(106)90-83(96)113)136-64(57)39-130-146(124,125)141-58-26-69(97-32-44(5)77(107)91-84(97)114)135-63(58)38-129-145(122,123)139-56-24-67(95-30-42(3)75(105)89-82(95)112)133-61(56)36-127-143(118,119)137-54-22-70(131-59(54)34-99)98-33-48(79(109)92-85(98)115)14-7-6-11-45-12-10-13-46(19-45)27-86-78(108)47-17-18-51-52(20-47)72(102)50-16-9-8-15-49(50)71(51)101/h8-10,12-13,15-20,28-33,53-70,99-100H,21-27,34-39H2,1-5H3,(H,86,108)(H,116,117)(H,118,119)(H,120,121)(H,122,123)(H,124,125)(H,87,103,110)(H,88,104,111)(H,89,105,112)(H,90,106,113)(H,91,107,114)(H,92,109,115)/t53-,54-,55-,56-,57-,58-,59+,60+,61+,62+,63+,64+,65+,66+,67+,68+,69+,70+/m0/s1. The van der Waals surface area contributed by atoms with Gasteiger partial charge < -0.3 is 68.4 Å². The number of benzene rings is 3. The number of rotatable bonds is 35. The Labute approximate surface area is 816 Å². The summed E-state index contributed by atoms with van der Waals surface area (Å²) >= 11 is 0. The quantitative estimate of drug-likeness (QED) is 0.0176. The third kappa shape index (κ3) is 24.6. The number of carbonyl (C=O) groups excluding carboxylic acids is 3. The molecule has 0 bridgehead atoms. The van der Waals surface area contributed by atoms with Crippen molar-refractivity contribution in [2.45, 2.75) is 190 Å². The Morgan fingerprint density at radius 2 is 0.671 bits per heavy atom. The second-order valence-electron chi connectivity index (χ2n) is 34.4. The number of aromatic nitrogens is 12. The number of nitrogens with zero attached hydrogens (tertiary/aromatic N) is 6. The largest absolute Gasteiger partial charge is 0.472 e. The fourth-order valence-corrected chi connectivity index (χ4v) is 21.6. The molecule has 7 aliphatic rings. The fourth-order valence-electron chi connectivity index (χ4n) is 16.8. The highest BCUT2D eigenvalue weighted by Gasteiger charge is 2.52. The molecule has 6 aliphatic heterocycles. The second kappa shape index (κ2) is 43.4. The molecular formula is C85H90N13O43P5. The number of hydrogen-bond acceptors (Lipinski definition) is 38. The summed E-state index contributed by atoms with van der Waals surface area (Å²) in [7, 11) is -28.1. The number of phosphoric acid groups is 5. The molecule has 1 amide bonds. The first kappa shape index (κ1) is 107. The topological polar surface area (TPSA) is 767 Å². The number of H-pyrrole nitrogens is 6. The van der Waals surface area contributed by atoms with Gasteiger partial charge in [0.15, 0.2) is 11.6 Å². The van der Waals surface area contributed by atoms with Crippen molar-refractivity contribution in [2.24, 2.45) is 0 Å². The zero-order valence-corrected chi connectivity index (χ0v) is 81.1. The van der Waals surface area contributed by atoms with E-state index in [2.05, 4.69) is 48.9 Å². The first-order valence-corrected chi connectivity index (χ1v) is 51.7. The third-order valence-electron chi connectivity index (χ3n) is 24.2. The highest BCUT2D eigenvalue weighted by atomic mass is 31.2. The Bertz CT molecular complexity index is 7870. The molecular weight excluding hydrogens is 2050 g/mol. The summed E-state index contributed by atoms with van der Waals surface area (Å²) in [4.78, 5) is 264. The number of ketones is 2. The Balaban J connectivity index is 0.570. The van der Waals surface area contributed by atoms with E-state index in [0.29, 0.717) is 11.1 Å². The van der Waals surface area contributed by atoms with E-state index in [1.54, 1.807) is 42.5 Å². The molecule has 61 heteroatoms. The number of phosphoric ester groups is 5. The van der Waals surface area contributed by atoms with E-state index in [0.717, 1.165) is 64.6 Å². The number of fused-ring (bicyclic) bond motifs is 2. The summed E-state index contributed by atoms with van der Waals surface area (Å²) in [6.07, 6.45) is -27.1. The molecule has 146 heavy (non-hydrogen) atoms. The summed E-state index contributed by atoms with van der Waals surface area (Å²) in [5.41, 5.74) is -10.1. The van der Waals surface area contributed by atoms with E-state index < -0.39 is 301 Å². The number of aromatic amines is 6. The first-order valence-electron chi connectivity index (χ1n) is 44.2. The van der Waals surface area contributed by atoms with Gasteiger partial charge in [0, 0.05) is 143 Å². The van der Waals surface area contributed by atoms with Gasteiger partial charge in [-0.15, -0.1) is 0 Å². The van der Waals surface area contributed by atoms with Gasteiger partial charge in [0.25, 0.3) is 39.3 Å². The summed E-state index contributed by atoms with van der Waals surface area (Å²) in [5.74, 6) is 9.19. The van der Waals surface area contributed by atoms with Gasteiger partial charge in [-0.25, -0.2) is 51.6 Å². The van der Waals surface area contributed by atoms with Gasteiger partial charge in [0.2, 0.25) is 0 Å². The Hall–Kier alpha value is -12.1. The average Bonchev–Trinajstić information content (AvgIpc) is 1.19. The van der Waals surface area contributed by atoms with E-state index in [4.69, 9.17) is 73.7 Å². The molecule has 6 aromatic heterocycles. The smallest absolute Gasteiger partial charge is 0.394 e. The van der Waals surface area contributed by atoms with Crippen LogP contribution in [0.2, 0.25) is 0 Å². The maximum atomic E-state index is 14.5. The molecule has 0 radical (unpaired) electrons. The number of aryl methyl sites for hydroxylation is 5. The fraction of sp³-hybridized carbons (Fsp3) is 0.424. The predicted octanol–water partition coefficient (Wildman–Crippen LogP) is -0.472. The Kier molecular flexibility index (Phi) is 31.7. The molecule has 6 fully saturated rings. The van der Waals surface area contributed by atoms with E-state index >= 15 is 0 Å². The molecule has 6 saturated heterocycles. The first-order chi connectivity index (χ1) is 69.0. The summed E-state index contributed by atoms with van der Waals surface area (Å²) in [6, 6.07) is 17.2. The van der Waals surface area contributed by atoms with E-state index in [1.807, 2.05) is 9.97 Å². The van der Waals surface area contributed by atoms with Crippen LogP contribution in [0, 0.1) is 58.3 Å². The lowest BCUT2D eigenvalue weighted by Crippen LogP contribution is -2.33. The molecule has 778 valence electrons. The van der Waals surface area contributed by atoms with Gasteiger partial charge in [-0.05, 0) is 88.3 Å². The van der Waals surface area contributed by atoms with Crippen LogP contribution < -0.4 is 72.8 Å². The van der Waals surface area contributed by atoms with Gasteiger partial charge in [0.1, 0.15) is 110 Å². The lowest BCUT2D eigenvalue weighted by Gasteiger charge is -2.26. The zero-order chi connectivity index (χ0) is 105. The average molecular weight is 2140 g/mol. The predicted molar refractivity (Wildman–Crippen MR) is 490 cm³/mol. The molecule has 1 aliphatic carbocycles. The van der Waals surface area contributed by atoms with Crippen LogP contribution in [0.3, 0.4) is 0 Å². The molecule has 3 aromatic carbocycles. The van der Waals surface area contributed by atoms with E-state index in [-0.39, 0.29) is 79.9 Å². The molecule has 0 saturated carbocycles. The number of ether oxygens (including phenoxy) is 6. The zero-order valence-electron chi connectivity index (χ0n) is 76.6. The second-order valence-corrected chi connectivity index (χ2v) is 41.5. The lowest BCUT2D eigenvalue weighted by molar-refractivity contribution is -0.0658. The van der Waals surface area contributed by atoms with Gasteiger partial charge in [-0.3, -0.25) is 146 Å². The van der Waals surface area contributed by atoms with Gasteiger partial charge in [-0.2, -0.15) is 0 Å². The van der Waals surface area contributed by atoms with Crippen molar-refractivity contribution in [3.05, 3.63) is 301 Å². The summed E-state index contributed by atoms with van der Waals surface area (Å²) in [6.45, 7) is -0.0594. The van der Waals surface area contributed by atoms with Crippen molar-refractivity contribution < 1.29 is 146 Å². The minimum atomic E-state index is -5.76. The lowest BCUT2D eigenvalue weighted by atomic mass is 9.83. The molecule has 5 unspecified atom stereocenters. The summed E-state index contributed by atoms with van der Waals surface area (Å²) < 4.78 is 166. The van der Waals surface area contributed by atoms with E-state index in [1.165, 1.54) is 58.9 Å². The van der Waals surface area contributed by atoms with Crippen LogP contribution in [0.5, 0.6) is 0 Å². The maximum Gasteiger partial charge on any atom is 0.472 e. The number of hydrogen-bond donors (Lipinski definition) is 14. The molecule has 16 rings (SSSR count). The van der Waals surface area contributed by atoms with Crippen LogP contribution in [-0.4, -0.2) is 222 Å². The highest BCUT2D eigenvalue weighted by molar-refractivity contribution is 7.48. The molecule has 23 atom stereocenters. The molecule has 12 heterocycles. The van der Waals surface area contributed by atoms with Crippen LogP contribution >= 0.6 is 39.1 Å². The number of aliphatic hydroxyl groups is 2. The molecule has 9 aromatic rings. The number of aliphatic hydroxyl groups excluding tert-OH is 2.